The van der Waals surface area contributed by atoms with Gasteiger partial charge in [-0.1, -0.05) is 18.2 Å². The molecule has 0 unspecified atom stereocenters. The summed E-state index contributed by atoms with van der Waals surface area (Å²) < 4.78 is 24.8. The van der Waals surface area contributed by atoms with E-state index >= 15 is 0 Å². The first kappa shape index (κ1) is 18.6. The molecule has 1 aromatic heterocycles. The highest BCUT2D eigenvalue weighted by molar-refractivity contribution is 5.88. The Labute approximate surface area is 157 Å². The molecule has 2 aromatic carbocycles. The van der Waals surface area contributed by atoms with Crippen LogP contribution in [0.5, 0.6) is 11.6 Å². The summed E-state index contributed by atoms with van der Waals surface area (Å²) >= 11 is 0. The van der Waals surface area contributed by atoms with Gasteiger partial charge < -0.3 is 14.4 Å². The first-order valence-corrected chi connectivity index (χ1v) is 8.62. The van der Waals surface area contributed by atoms with Crippen molar-refractivity contribution < 1.29 is 18.7 Å². The van der Waals surface area contributed by atoms with Crippen LogP contribution in [0.2, 0.25) is 0 Å². The highest BCUT2D eigenvalue weighted by Crippen LogP contribution is 2.30. The molecule has 0 atom stereocenters. The summed E-state index contributed by atoms with van der Waals surface area (Å²) in [6.45, 7) is 2.54. The zero-order valence-electron chi connectivity index (χ0n) is 15.5. The van der Waals surface area contributed by atoms with E-state index in [1.54, 1.807) is 24.1 Å². The van der Waals surface area contributed by atoms with Crippen LogP contribution in [0.4, 0.5) is 4.39 Å². The molecule has 140 valence electrons. The molecule has 0 spiro atoms. The Hall–Kier alpha value is -3.15. The van der Waals surface area contributed by atoms with Gasteiger partial charge in [-0.25, -0.2) is 9.37 Å². The van der Waals surface area contributed by atoms with Crippen molar-refractivity contribution in [3.05, 3.63) is 54.5 Å². The lowest BCUT2D eigenvalue weighted by molar-refractivity contribution is -0.131. The molecule has 0 radical (unpaired) electrons. The van der Waals surface area contributed by atoms with E-state index in [4.69, 9.17) is 9.47 Å². The van der Waals surface area contributed by atoms with Gasteiger partial charge in [-0.3, -0.25) is 4.79 Å². The third-order valence-electron chi connectivity index (χ3n) is 4.42. The van der Waals surface area contributed by atoms with Gasteiger partial charge in [0, 0.05) is 25.2 Å². The maximum atomic E-state index is 14.2. The van der Waals surface area contributed by atoms with E-state index in [0.29, 0.717) is 23.7 Å². The standard InChI is InChI=1S/C21H21FN2O3/c1-4-24(2)21(25)13-27-17-8-7-14-9-16(6-5-15(14)10-17)18-11-20(26-3)23-12-19(18)22/h5-12H,4,13H2,1-3H3. The third-order valence-corrected chi connectivity index (χ3v) is 4.42. The first-order chi connectivity index (χ1) is 13.0. The summed E-state index contributed by atoms with van der Waals surface area (Å²) in [5.41, 5.74) is 1.16. The fraction of sp³-hybridized carbons (Fsp3) is 0.238. The second-order valence-electron chi connectivity index (χ2n) is 6.13. The van der Waals surface area contributed by atoms with Gasteiger partial charge in [0.1, 0.15) is 11.6 Å². The average molecular weight is 368 g/mol. The second-order valence-corrected chi connectivity index (χ2v) is 6.13. The molecule has 0 aliphatic rings. The fourth-order valence-corrected chi connectivity index (χ4v) is 2.67. The number of halogens is 1. The van der Waals surface area contributed by atoms with Crippen LogP contribution in [0.15, 0.2) is 48.7 Å². The zero-order chi connectivity index (χ0) is 19.4. The molecule has 0 saturated heterocycles. The van der Waals surface area contributed by atoms with Gasteiger partial charge >= 0.3 is 0 Å². The summed E-state index contributed by atoms with van der Waals surface area (Å²) in [5, 5.41) is 1.88. The number of hydrogen-bond donors (Lipinski definition) is 0. The molecular weight excluding hydrogens is 347 g/mol. The molecule has 6 heteroatoms. The van der Waals surface area contributed by atoms with Crippen LogP contribution in [-0.4, -0.2) is 43.1 Å². The molecule has 3 aromatic rings. The van der Waals surface area contributed by atoms with Gasteiger partial charge in [-0.2, -0.15) is 0 Å². The highest BCUT2D eigenvalue weighted by Gasteiger charge is 2.10. The summed E-state index contributed by atoms with van der Waals surface area (Å²) in [4.78, 5) is 17.3. The number of methoxy groups -OCH3 is 1. The van der Waals surface area contributed by atoms with Crippen LogP contribution >= 0.6 is 0 Å². The minimum atomic E-state index is -0.409. The molecule has 5 nitrogen and oxygen atoms in total. The predicted octanol–water partition coefficient (Wildman–Crippen LogP) is 3.91. The van der Waals surface area contributed by atoms with Crippen molar-refractivity contribution in [2.75, 3.05) is 27.3 Å². The Morgan fingerprint density at radius 3 is 2.63 bits per heavy atom. The van der Waals surface area contributed by atoms with E-state index in [0.717, 1.165) is 22.5 Å². The summed E-state index contributed by atoms with van der Waals surface area (Å²) in [6, 6.07) is 12.7. The second kappa shape index (κ2) is 8.03. The SMILES string of the molecule is CCN(C)C(=O)COc1ccc2cc(-c3cc(OC)ncc3F)ccc2c1. The Bertz CT molecular complexity index is 975. The highest BCUT2D eigenvalue weighted by atomic mass is 19.1. The summed E-state index contributed by atoms with van der Waals surface area (Å²) in [7, 11) is 3.23. The number of carbonyl (C=O) groups excluding carboxylic acids is 1. The Balaban J connectivity index is 1.84. The third kappa shape index (κ3) is 4.16. The topological polar surface area (TPSA) is 51.7 Å². The quantitative estimate of drug-likeness (QED) is 0.662. The molecule has 0 N–H and O–H groups in total. The number of likely N-dealkylation sites (N-methyl/N-ethyl adjacent to an activating group) is 1. The molecular formula is C21H21FN2O3. The van der Waals surface area contributed by atoms with Crippen molar-refractivity contribution in [2.24, 2.45) is 0 Å². The number of rotatable bonds is 6. The van der Waals surface area contributed by atoms with Gasteiger partial charge in [0.25, 0.3) is 5.91 Å². The van der Waals surface area contributed by atoms with Crippen LogP contribution in [0.25, 0.3) is 21.9 Å². The van der Waals surface area contributed by atoms with Crippen LogP contribution in [0.1, 0.15) is 6.92 Å². The molecule has 0 fully saturated rings. The number of carbonyl (C=O) groups is 1. The maximum Gasteiger partial charge on any atom is 0.260 e. The number of aromatic nitrogens is 1. The van der Waals surface area contributed by atoms with Crippen molar-refractivity contribution in [1.82, 2.24) is 9.88 Å². The number of amides is 1. The Morgan fingerprint density at radius 2 is 1.89 bits per heavy atom. The summed E-state index contributed by atoms with van der Waals surface area (Å²) in [5.74, 6) is 0.491. The fourth-order valence-electron chi connectivity index (χ4n) is 2.67. The first-order valence-electron chi connectivity index (χ1n) is 8.62. The van der Waals surface area contributed by atoms with E-state index in [2.05, 4.69) is 4.98 Å². The van der Waals surface area contributed by atoms with Gasteiger partial charge in [-0.05, 0) is 41.5 Å². The lowest BCUT2D eigenvalue weighted by Crippen LogP contribution is -2.31. The van der Waals surface area contributed by atoms with E-state index in [1.165, 1.54) is 7.11 Å². The molecule has 0 saturated carbocycles. The Morgan fingerprint density at radius 1 is 1.15 bits per heavy atom. The van der Waals surface area contributed by atoms with Gasteiger partial charge in [0.05, 0.1) is 13.3 Å². The van der Waals surface area contributed by atoms with E-state index in [1.807, 2.05) is 37.3 Å². The molecule has 0 bridgehead atoms. The average Bonchev–Trinajstić information content (AvgIpc) is 2.71. The normalized spacial score (nSPS) is 10.7. The number of hydrogen-bond acceptors (Lipinski definition) is 4. The van der Waals surface area contributed by atoms with Crippen molar-refractivity contribution in [2.45, 2.75) is 6.92 Å². The smallest absolute Gasteiger partial charge is 0.260 e. The van der Waals surface area contributed by atoms with Crippen molar-refractivity contribution >= 4 is 16.7 Å². The van der Waals surface area contributed by atoms with E-state index in [9.17, 15) is 9.18 Å². The molecule has 27 heavy (non-hydrogen) atoms. The number of fused-ring (bicyclic) bond motifs is 1. The van der Waals surface area contributed by atoms with Crippen molar-refractivity contribution in [3.8, 4) is 22.8 Å². The number of benzene rings is 2. The van der Waals surface area contributed by atoms with Crippen molar-refractivity contribution in [1.29, 1.82) is 0 Å². The van der Waals surface area contributed by atoms with Gasteiger partial charge in [0.15, 0.2) is 6.61 Å². The number of ether oxygens (including phenoxy) is 2. The predicted molar refractivity (Wildman–Crippen MR) is 102 cm³/mol. The molecule has 3 rings (SSSR count). The Kier molecular flexibility index (Phi) is 5.54. The zero-order valence-corrected chi connectivity index (χ0v) is 15.5. The number of nitrogens with zero attached hydrogens (tertiary/aromatic N) is 2. The molecule has 0 aliphatic heterocycles. The lowest BCUT2D eigenvalue weighted by Gasteiger charge is -2.15. The van der Waals surface area contributed by atoms with Crippen LogP contribution in [-0.2, 0) is 4.79 Å². The monoisotopic (exact) mass is 368 g/mol. The van der Waals surface area contributed by atoms with Crippen LogP contribution in [0, 0.1) is 5.82 Å². The van der Waals surface area contributed by atoms with E-state index in [-0.39, 0.29) is 12.5 Å². The minimum Gasteiger partial charge on any atom is -0.484 e. The largest absolute Gasteiger partial charge is 0.484 e. The van der Waals surface area contributed by atoms with E-state index < -0.39 is 5.82 Å². The van der Waals surface area contributed by atoms with Gasteiger partial charge in [0.2, 0.25) is 5.88 Å². The molecule has 1 amide bonds. The van der Waals surface area contributed by atoms with Gasteiger partial charge in [-0.15, -0.1) is 0 Å². The molecule has 1 heterocycles. The van der Waals surface area contributed by atoms with Crippen molar-refractivity contribution in [3.63, 3.8) is 0 Å². The summed E-state index contributed by atoms with van der Waals surface area (Å²) in [6.07, 6.45) is 1.15. The maximum absolute atomic E-state index is 14.2. The minimum absolute atomic E-state index is 0.00402. The lowest BCUT2D eigenvalue weighted by atomic mass is 10.0. The number of pyridine rings is 1. The molecule has 0 aliphatic carbocycles. The van der Waals surface area contributed by atoms with Crippen LogP contribution in [0.3, 0.4) is 0 Å². The van der Waals surface area contributed by atoms with Crippen LogP contribution < -0.4 is 9.47 Å².